The molecule has 0 saturated heterocycles. The highest BCUT2D eigenvalue weighted by molar-refractivity contribution is 6.12. The lowest BCUT2D eigenvalue weighted by molar-refractivity contribution is -0.154. The topological polar surface area (TPSA) is 185 Å². The predicted molar refractivity (Wildman–Crippen MR) is 167 cm³/mol. The Morgan fingerprint density at radius 1 is 0.867 bits per heavy atom. The Morgan fingerprint density at radius 3 is 2.04 bits per heavy atom. The molecule has 0 amide bonds. The van der Waals surface area contributed by atoms with Gasteiger partial charge in [-0.05, 0) is 64.2 Å². The van der Waals surface area contributed by atoms with Crippen LogP contribution in [0.25, 0.3) is 0 Å². The molecule has 254 valence electrons. The third-order valence-electron chi connectivity index (χ3n) is 8.64. The first-order chi connectivity index (χ1) is 21.0. The average molecular weight is 637 g/mol. The molecule has 1 aliphatic heterocycles. The number of aliphatic hydroxyl groups excluding tert-OH is 3. The highest BCUT2D eigenvalue weighted by atomic mass is 16.6. The summed E-state index contributed by atoms with van der Waals surface area (Å²) in [7, 11) is 0. The molecule has 11 nitrogen and oxygen atoms in total. The molecule has 0 aromatic rings. The second kappa shape index (κ2) is 19.4. The van der Waals surface area contributed by atoms with Gasteiger partial charge < -0.3 is 29.9 Å². The standard InChI is InChI=1S/C34H52O11/c1-8-25(13-15-30(39)40)11-9-10-19(2)16-20(3)12-14-26(35)22(5)28(37)17-27(36)21(4)24(7)44-31(41)18-29(38)32-23(6)33(42)45-34(32)43/h11,13,15,19-22,24,26-27,29,35-36,38H,8-10,12,14,16-18H2,1-7H3,(H,39,40)/b15-13+,25-11+/t19-,20-,21-,22-,24-,26-,27+,29+/m0/s1. The number of hydrogen-bond acceptors (Lipinski definition) is 10. The molecule has 0 aliphatic carbocycles. The van der Waals surface area contributed by atoms with Crippen molar-refractivity contribution in [1.82, 2.24) is 0 Å². The highest BCUT2D eigenvalue weighted by Crippen LogP contribution is 2.26. The summed E-state index contributed by atoms with van der Waals surface area (Å²) in [6.45, 7) is 12.4. The number of hydrogen-bond donors (Lipinski definition) is 4. The number of carboxylic acid groups (broad SMARTS) is 1. The minimum atomic E-state index is -1.58. The fourth-order valence-electron chi connectivity index (χ4n) is 5.28. The number of ether oxygens (including phenoxy) is 2. The first-order valence-electron chi connectivity index (χ1n) is 15.8. The van der Waals surface area contributed by atoms with E-state index in [0.29, 0.717) is 18.3 Å². The van der Waals surface area contributed by atoms with E-state index < -0.39 is 66.5 Å². The van der Waals surface area contributed by atoms with E-state index in [1.807, 2.05) is 6.92 Å². The lowest BCUT2D eigenvalue weighted by atomic mass is 9.85. The molecule has 45 heavy (non-hydrogen) atoms. The number of carbonyl (C=O) groups excluding carboxylic acids is 4. The largest absolute Gasteiger partial charge is 0.478 e. The lowest BCUT2D eigenvalue weighted by Crippen LogP contribution is -2.36. The third-order valence-corrected chi connectivity index (χ3v) is 8.64. The number of cyclic esters (lactones) is 2. The number of allylic oxidation sites excluding steroid dienone is 3. The van der Waals surface area contributed by atoms with Crippen LogP contribution in [0.4, 0.5) is 0 Å². The van der Waals surface area contributed by atoms with Gasteiger partial charge in [-0.3, -0.25) is 9.59 Å². The lowest BCUT2D eigenvalue weighted by Gasteiger charge is -2.27. The molecular formula is C34H52O11. The van der Waals surface area contributed by atoms with Crippen molar-refractivity contribution in [2.45, 2.75) is 124 Å². The summed E-state index contributed by atoms with van der Waals surface area (Å²) in [5, 5.41) is 40.4. The SMILES string of the molecule is CCC(/C=C/C(=O)O)=C\CC[C@H](C)C[C@@H](C)CC[C@H](O)[C@H](C)C(=O)C[C@@H](O)[C@@H](C)[C@H](C)OC(=O)C[C@@H](O)C1=C(C)C(=O)OC1=O. The number of rotatable bonds is 21. The summed E-state index contributed by atoms with van der Waals surface area (Å²) >= 11 is 0. The minimum Gasteiger partial charge on any atom is -0.478 e. The molecule has 0 saturated carbocycles. The molecule has 8 atom stereocenters. The summed E-state index contributed by atoms with van der Waals surface area (Å²) < 4.78 is 9.73. The highest BCUT2D eigenvalue weighted by Gasteiger charge is 2.36. The van der Waals surface area contributed by atoms with E-state index in [4.69, 9.17) is 9.84 Å². The Balaban J connectivity index is 2.48. The molecule has 4 N–H and O–H groups in total. The van der Waals surface area contributed by atoms with Crippen molar-refractivity contribution in [1.29, 1.82) is 0 Å². The number of carboxylic acids is 1. The normalized spacial score (nSPS) is 19.5. The molecule has 1 heterocycles. The van der Waals surface area contributed by atoms with Crippen LogP contribution in [0, 0.1) is 23.7 Å². The first kappa shape index (κ1) is 39.9. The number of aliphatic carboxylic acids is 1. The van der Waals surface area contributed by atoms with Crippen LogP contribution in [0.3, 0.4) is 0 Å². The molecule has 0 radical (unpaired) electrons. The second-order valence-electron chi connectivity index (χ2n) is 12.5. The molecule has 0 fully saturated rings. The first-order valence-corrected chi connectivity index (χ1v) is 15.8. The molecule has 0 spiro atoms. The zero-order chi connectivity index (χ0) is 34.4. The van der Waals surface area contributed by atoms with Gasteiger partial charge in [0, 0.05) is 29.9 Å². The number of aliphatic hydroxyl groups is 3. The van der Waals surface area contributed by atoms with Gasteiger partial charge in [0.15, 0.2) is 0 Å². The summed E-state index contributed by atoms with van der Waals surface area (Å²) in [4.78, 5) is 59.1. The van der Waals surface area contributed by atoms with Gasteiger partial charge in [0.1, 0.15) is 11.9 Å². The maximum absolute atomic E-state index is 12.8. The monoisotopic (exact) mass is 636 g/mol. The molecule has 1 aliphatic rings. The smallest absolute Gasteiger partial charge is 0.345 e. The Morgan fingerprint density at radius 2 is 1.49 bits per heavy atom. The zero-order valence-corrected chi connectivity index (χ0v) is 27.7. The van der Waals surface area contributed by atoms with Gasteiger partial charge >= 0.3 is 23.9 Å². The van der Waals surface area contributed by atoms with Crippen LogP contribution >= 0.6 is 0 Å². The second-order valence-corrected chi connectivity index (χ2v) is 12.5. The van der Waals surface area contributed by atoms with Crippen LogP contribution < -0.4 is 0 Å². The minimum absolute atomic E-state index is 0.0737. The Hall–Kier alpha value is -3.15. The molecule has 0 aromatic heterocycles. The summed E-state index contributed by atoms with van der Waals surface area (Å²) in [6, 6.07) is 0. The predicted octanol–water partition coefficient (Wildman–Crippen LogP) is 4.22. The maximum atomic E-state index is 12.8. The van der Waals surface area contributed by atoms with E-state index in [1.165, 1.54) is 13.8 Å². The average Bonchev–Trinajstić information content (AvgIpc) is 3.22. The van der Waals surface area contributed by atoms with Gasteiger partial charge in [-0.2, -0.15) is 0 Å². The van der Waals surface area contributed by atoms with Crippen molar-refractivity contribution in [2.24, 2.45) is 23.7 Å². The maximum Gasteiger partial charge on any atom is 0.345 e. The van der Waals surface area contributed by atoms with Gasteiger partial charge in [0.05, 0.1) is 30.3 Å². The van der Waals surface area contributed by atoms with Crippen molar-refractivity contribution in [2.75, 3.05) is 0 Å². The van der Waals surface area contributed by atoms with Crippen molar-refractivity contribution in [3.8, 4) is 0 Å². The fraction of sp³-hybridized carbons (Fsp3) is 0.676. The van der Waals surface area contributed by atoms with Crippen LogP contribution in [-0.4, -0.2) is 74.5 Å². The zero-order valence-electron chi connectivity index (χ0n) is 27.7. The van der Waals surface area contributed by atoms with Gasteiger partial charge in [-0.15, -0.1) is 0 Å². The van der Waals surface area contributed by atoms with Gasteiger partial charge in [-0.1, -0.05) is 52.3 Å². The van der Waals surface area contributed by atoms with Gasteiger partial charge in [0.25, 0.3) is 0 Å². The van der Waals surface area contributed by atoms with Gasteiger partial charge in [-0.25, -0.2) is 14.4 Å². The van der Waals surface area contributed by atoms with Crippen LogP contribution in [0.15, 0.2) is 34.9 Å². The summed E-state index contributed by atoms with van der Waals surface area (Å²) in [6.07, 6.45) is 4.33. The van der Waals surface area contributed by atoms with E-state index in [2.05, 4.69) is 24.7 Å². The van der Waals surface area contributed by atoms with Crippen LogP contribution in [-0.2, 0) is 33.4 Å². The summed E-state index contributed by atoms with van der Waals surface area (Å²) in [5.74, 6) is -4.57. The number of Topliss-reactive ketones (excluding diaryl/α,β-unsaturated/α-hetero) is 1. The van der Waals surface area contributed by atoms with E-state index in [-0.39, 0.29) is 23.4 Å². The number of ketones is 1. The summed E-state index contributed by atoms with van der Waals surface area (Å²) in [5.41, 5.74) is 0.629. The molecule has 0 aromatic carbocycles. The fourth-order valence-corrected chi connectivity index (χ4v) is 5.28. The van der Waals surface area contributed by atoms with Crippen molar-refractivity contribution >= 4 is 29.7 Å². The molecule has 1 rings (SSSR count). The van der Waals surface area contributed by atoms with E-state index in [9.17, 15) is 39.3 Å². The van der Waals surface area contributed by atoms with E-state index in [1.54, 1.807) is 19.9 Å². The molecule has 0 unspecified atom stereocenters. The number of carbonyl (C=O) groups is 5. The Labute approximate surface area is 266 Å². The van der Waals surface area contributed by atoms with E-state index >= 15 is 0 Å². The quantitative estimate of drug-likeness (QED) is 0.0612. The number of esters is 3. The third kappa shape index (κ3) is 13.8. The van der Waals surface area contributed by atoms with Crippen molar-refractivity contribution in [3.05, 3.63) is 34.9 Å². The van der Waals surface area contributed by atoms with Crippen molar-refractivity contribution in [3.63, 3.8) is 0 Å². The van der Waals surface area contributed by atoms with Gasteiger partial charge in [0.2, 0.25) is 0 Å². The van der Waals surface area contributed by atoms with Crippen molar-refractivity contribution < 1.29 is 53.9 Å². The van der Waals surface area contributed by atoms with Crippen LogP contribution in [0.1, 0.15) is 99.8 Å². The van der Waals surface area contributed by atoms with E-state index in [0.717, 1.165) is 43.8 Å². The van der Waals surface area contributed by atoms with Crippen LogP contribution in [0.5, 0.6) is 0 Å². The van der Waals surface area contributed by atoms with Crippen LogP contribution in [0.2, 0.25) is 0 Å². The molecule has 0 bridgehead atoms. The molecule has 11 heteroatoms. The Kier molecular flexibility index (Phi) is 17.2. The Bertz CT molecular complexity index is 1130. The molecular weight excluding hydrogens is 584 g/mol.